The minimum absolute atomic E-state index is 0.362. The first-order valence-electron chi connectivity index (χ1n) is 6.95. The van der Waals surface area contributed by atoms with Crippen molar-refractivity contribution in [2.75, 3.05) is 0 Å². The zero-order valence-corrected chi connectivity index (χ0v) is 12.1. The van der Waals surface area contributed by atoms with E-state index in [1.54, 1.807) is 24.3 Å². The summed E-state index contributed by atoms with van der Waals surface area (Å²) in [7, 11) is 0. The smallest absolute Gasteiger partial charge is 0.344 e. The summed E-state index contributed by atoms with van der Waals surface area (Å²) in [5.74, 6) is 0.198. The normalized spacial score (nSPS) is 16.0. The molecule has 0 aliphatic carbocycles. The highest BCUT2D eigenvalue weighted by molar-refractivity contribution is 6.21. The predicted octanol–water partition coefficient (Wildman–Crippen LogP) is 3.87. The highest BCUT2D eigenvalue weighted by Gasteiger charge is 2.28. The van der Waals surface area contributed by atoms with Crippen LogP contribution in [-0.4, -0.2) is 12.3 Å². The van der Waals surface area contributed by atoms with Crippen LogP contribution in [0, 0.1) is 0 Å². The summed E-state index contributed by atoms with van der Waals surface area (Å²) in [6.45, 7) is 1.86. The number of ether oxygens (including phenoxy) is 1. The minimum atomic E-state index is -0.362. The van der Waals surface area contributed by atoms with Crippen LogP contribution in [0.4, 0.5) is 0 Å². The molecule has 0 aromatic heterocycles. The first kappa shape index (κ1) is 14.0. The van der Waals surface area contributed by atoms with Gasteiger partial charge >= 0.3 is 5.97 Å². The van der Waals surface area contributed by atoms with Gasteiger partial charge in [0.15, 0.2) is 0 Å². The molecule has 0 fully saturated rings. The fourth-order valence-electron chi connectivity index (χ4n) is 2.40. The molecular formula is C19H14O3. The molecule has 0 bridgehead atoms. The average molecular weight is 290 g/mol. The largest absolute Gasteiger partial charge is 0.423 e. The topological polar surface area (TPSA) is 43.4 Å². The van der Waals surface area contributed by atoms with Gasteiger partial charge in [-0.3, -0.25) is 4.79 Å². The first-order valence-corrected chi connectivity index (χ1v) is 6.95. The standard InChI is InChI=1S/C19H14O3/c1-13-17(11-14-5-3-2-4-6-14)22-19(21)18(13)16-9-7-15(12-20)8-10-16/h2-12H,1H3/b17-11-. The number of carbonyl (C=O) groups excluding carboxylic acids is 2. The lowest BCUT2D eigenvalue weighted by Gasteiger charge is -2.00. The summed E-state index contributed by atoms with van der Waals surface area (Å²) < 4.78 is 5.38. The van der Waals surface area contributed by atoms with Crippen LogP contribution in [0.2, 0.25) is 0 Å². The van der Waals surface area contributed by atoms with Crippen LogP contribution in [0.5, 0.6) is 0 Å². The highest BCUT2D eigenvalue weighted by Crippen LogP contribution is 2.33. The third-order valence-corrected chi connectivity index (χ3v) is 3.58. The van der Waals surface area contributed by atoms with Crippen LogP contribution >= 0.6 is 0 Å². The van der Waals surface area contributed by atoms with Gasteiger partial charge in [-0.2, -0.15) is 0 Å². The van der Waals surface area contributed by atoms with E-state index in [9.17, 15) is 9.59 Å². The van der Waals surface area contributed by atoms with Crippen molar-refractivity contribution in [2.45, 2.75) is 6.92 Å². The number of esters is 1. The lowest BCUT2D eigenvalue weighted by atomic mass is 10.00. The van der Waals surface area contributed by atoms with Gasteiger partial charge in [0.05, 0.1) is 5.57 Å². The molecule has 0 radical (unpaired) electrons. The quantitative estimate of drug-likeness (QED) is 0.636. The Balaban J connectivity index is 2.01. The summed E-state index contributed by atoms with van der Waals surface area (Å²) in [6, 6.07) is 16.6. The van der Waals surface area contributed by atoms with Crippen molar-refractivity contribution in [1.29, 1.82) is 0 Å². The molecule has 0 N–H and O–H groups in total. The Bertz CT molecular complexity index is 781. The van der Waals surface area contributed by atoms with Crippen LogP contribution in [-0.2, 0) is 9.53 Å². The third kappa shape index (κ3) is 2.61. The van der Waals surface area contributed by atoms with Gasteiger partial charge in [-0.15, -0.1) is 0 Å². The summed E-state index contributed by atoms with van der Waals surface area (Å²) in [5.41, 5.74) is 3.65. The van der Waals surface area contributed by atoms with Gasteiger partial charge < -0.3 is 4.74 Å². The van der Waals surface area contributed by atoms with Crippen molar-refractivity contribution in [3.05, 3.63) is 82.6 Å². The third-order valence-electron chi connectivity index (χ3n) is 3.58. The van der Waals surface area contributed by atoms with E-state index in [1.165, 1.54) is 0 Å². The Morgan fingerprint density at radius 2 is 1.59 bits per heavy atom. The molecule has 3 nitrogen and oxygen atoms in total. The second-order valence-electron chi connectivity index (χ2n) is 5.05. The average Bonchev–Trinajstić information content (AvgIpc) is 2.82. The van der Waals surface area contributed by atoms with Crippen LogP contribution in [0.1, 0.15) is 28.4 Å². The van der Waals surface area contributed by atoms with Gasteiger partial charge in [0.25, 0.3) is 0 Å². The molecule has 1 aliphatic rings. The number of rotatable bonds is 3. The summed E-state index contributed by atoms with van der Waals surface area (Å²) in [5, 5.41) is 0. The van der Waals surface area contributed by atoms with Gasteiger partial charge in [-0.05, 0) is 24.1 Å². The molecule has 0 spiro atoms. The lowest BCUT2D eigenvalue weighted by molar-refractivity contribution is -0.131. The van der Waals surface area contributed by atoms with Crippen molar-refractivity contribution in [2.24, 2.45) is 0 Å². The number of hydrogen-bond acceptors (Lipinski definition) is 3. The molecule has 22 heavy (non-hydrogen) atoms. The molecule has 108 valence electrons. The molecule has 0 amide bonds. The Morgan fingerprint density at radius 3 is 2.23 bits per heavy atom. The molecule has 1 heterocycles. The number of aldehydes is 1. The number of hydrogen-bond donors (Lipinski definition) is 0. The lowest BCUT2D eigenvalue weighted by Crippen LogP contribution is -1.98. The van der Waals surface area contributed by atoms with E-state index < -0.39 is 0 Å². The van der Waals surface area contributed by atoms with E-state index in [1.807, 2.05) is 43.3 Å². The van der Waals surface area contributed by atoms with Crippen molar-refractivity contribution >= 4 is 23.9 Å². The van der Waals surface area contributed by atoms with Crippen LogP contribution < -0.4 is 0 Å². The molecule has 3 rings (SSSR count). The first-order chi connectivity index (χ1) is 10.7. The van der Waals surface area contributed by atoms with Crippen LogP contribution in [0.25, 0.3) is 11.6 Å². The van der Waals surface area contributed by atoms with Crippen molar-refractivity contribution in [3.8, 4) is 0 Å². The van der Waals surface area contributed by atoms with E-state index in [0.717, 1.165) is 23.0 Å². The van der Waals surface area contributed by atoms with E-state index in [2.05, 4.69) is 0 Å². The van der Waals surface area contributed by atoms with Crippen molar-refractivity contribution < 1.29 is 14.3 Å². The van der Waals surface area contributed by atoms with Gasteiger partial charge in [0.1, 0.15) is 12.0 Å². The number of cyclic esters (lactones) is 1. The Hall–Kier alpha value is -2.94. The summed E-state index contributed by atoms with van der Waals surface area (Å²) in [6.07, 6.45) is 2.62. The van der Waals surface area contributed by atoms with E-state index in [-0.39, 0.29) is 5.97 Å². The number of benzene rings is 2. The zero-order valence-electron chi connectivity index (χ0n) is 12.1. The number of allylic oxidation sites excluding steroid dienone is 1. The highest BCUT2D eigenvalue weighted by atomic mass is 16.5. The fourth-order valence-corrected chi connectivity index (χ4v) is 2.40. The second kappa shape index (κ2) is 5.82. The van der Waals surface area contributed by atoms with E-state index >= 15 is 0 Å². The zero-order chi connectivity index (χ0) is 15.5. The molecule has 1 aliphatic heterocycles. The van der Waals surface area contributed by atoms with Gasteiger partial charge in [-0.25, -0.2) is 4.79 Å². The van der Waals surface area contributed by atoms with Crippen LogP contribution in [0.15, 0.2) is 65.9 Å². The molecule has 2 aromatic rings. The van der Waals surface area contributed by atoms with E-state index in [0.29, 0.717) is 16.9 Å². The molecule has 3 heteroatoms. The van der Waals surface area contributed by atoms with Crippen molar-refractivity contribution in [1.82, 2.24) is 0 Å². The second-order valence-corrected chi connectivity index (χ2v) is 5.05. The molecule has 0 unspecified atom stereocenters. The SMILES string of the molecule is CC1=C(c2ccc(C=O)cc2)C(=O)O/C1=C\c1ccccc1. The number of carbonyl (C=O) groups is 2. The maximum Gasteiger partial charge on any atom is 0.344 e. The predicted molar refractivity (Wildman–Crippen MR) is 84.9 cm³/mol. The van der Waals surface area contributed by atoms with Gasteiger partial charge in [0.2, 0.25) is 0 Å². The van der Waals surface area contributed by atoms with Gasteiger partial charge in [-0.1, -0.05) is 54.6 Å². The maximum atomic E-state index is 12.1. The molecule has 0 atom stereocenters. The molecule has 0 saturated heterocycles. The summed E-state index contributed by atoms with van der Waals surface area (Å²) in [4.78, 5) is 22.9. The van der Waals surface area contributed by atoms with Gasteiger partial charge in [0, 0.05) is 11.1 Å². The molecule has 2 aromatic carbocycles. The Kier molecular flexibility index (Phi) is 3.71. The molecule has 0 saturated carbocycles. The fraction of sp³-hybridized carbons (Fsp3) is 0.0526. The van der Waals surface area contributed by atoms with Crippen molar-refractivity contribution in [3.63, 3.8) is 0 Å². The Labute approximate surface area is 128 Å². The maximum absolute atomic E-state index is 12.1. The minimum Gasteiger partial charge on any atom is -0.423 e. The van der Waals surface area contributed by atoms with Crippen LogP contribution in [0.3, 0.4) is 0 Å². The summed E-state index contributed by atoms with van der Waals surface area (Å²) >= 11 is 0. The monoisotopic (exact) mass is 290 g/mol. The van der Waals surface area contributed by atoms with E-state index in [4.69, 9.17) is 4.74 Å². The Morgan fingerprint density at radius 1 is 0.909 bits per heavy atom. The molecular weight excluding hydrogens is 276 g/mol.